The Morgan fingerprint density at radius 1 is 0.923 bits per heavy atom. The summed E-state index contributed by atoms with van der Waals surface area (Å²) in [4.78, 5) is 28.3. The van der Waals surface area contributed by atoms with Crippen molar-refractivity contribution in [2.75, 3.05) is 10.8 Å². The topological polar surface area (TPSA) is 86.8 Å². The molecule has 3 aromatic carbocycles. The molecule has 9 heteroatoms. The molecular weight excluding hydrogens is 517 g/mol. The van der Waals surface area contributed by atoms with Gasteiger partial charge < -0.3 is 10.2 Å². The molecule has 39 heavy (non-hydrogen) atoms. The monoisotopic (exact) mass is 553 g/mol. The molecule has 2 atom stereocenters. The Morgan fingerprint density at radius 2 is 1.56 bits per heavy atom. The van der Waals surface area contributed by atoms with Crippen LogP contribution in [-0.2, 0) is 26.2 Å². The predicted octanol–water partition coefficient (Wildman–Crippen LogP) is 4.97. The molecule has 208 valence electrons. The van der Waals surface area contributed by atoms with Gasteiger partial charge in [-0.1, -0.05) is 48.9 Å². The number of carbonyl (C=O) groups is 2. The molecule has 3 rings (SSSR count). The summed E-state index contributed by atoms with van der Waals surface area (Å²) in [6, 6.07) is 17.9. The molecule has 3 aromatic rings. The largest absolute Gasteiger partial charge is 0.352 e. The van der Waals surface area contributed by atoms with E-state index in [1.54, 1.807) is 37.3 Å². The first kappa shape index (κ1) is 29.8. The number of carbonyl (C=O) groups excluding carboxylic acids is 2. The fraction of sp³-hybridized carbons (Fsp3) is 0.333. The lowest BCUT2D eigenvalue weighted by Crippen LogP contribution is -2.52. The van der Waals surface area contributed by atoms with E-state index in [0.29, 0.717) is 17.7 Å². The number of hydrogen-bond acceptors (Lipinski definition) is 4. The molecule has 0 unspecified atom stereocenters. The first-order valence-corrected chi connectivity index (χ1v) is 14.4. The van der Waals surface area contributed by atoms with Gasteiger partial charge in [0.25, 0.3) is 10.0 Å². The summed E-state index contributed by atoms with van der Waals surface area (Å²) in [6.45, 7) is 8.57. The summed E-state index contributed by atoms with van der Waals surface area (Å²) in [5.41, 5.74) is 2.67. The number of rotatable bonds is 11. The van der Waals surface area contributed by atoms with Gasteiger partial charge in [0.15, 0.2) is 0 Å². The number of nitrogens with one attached hydrogen (secondary N) is 1. The average Bonchev–Trinajstić information content (AvgIpc) is 2.90. The van der Waals surface area contributed by atoms with Crippen LogP contribution in [0.5, 0.6) is 0 Å². The van der Waals surface area contributed by atoms with Crippen molar-refractivity contribution < 1.29 is 22.4 Å². The zero-order chi connectivity index (χ0) is 28.7. The lowest BCUT2D eigenvalue weighted by atomic mass is 10.1. The van der Waals surface area contributed by atoms with Gasteiger partial charge in [0.05, 0.1) is 10.6 Å². The van der Waals surface area contributed by atoms with Gasteiger partial charge in [0.2, 0.25) is 11.8 Å². The van der Waals surface area contributed by atoms with Crippen molar-refractivity contribution in [3.63, 3.8) is 0 Å². The number of aryl methyl sites for hydroxylation is 2. The summed E-state index contributed by atoms with van der Waals surface area (Å²) < 4.78 is 42.3. The number of hydrogen-bond donors (Lipinski definition) is 1. The predicted molar refractivity (Wildman–Crippen MR) is 151 cm³/mol. The Morgan fingerprint density at radius 3 is 2.15 bits per heavy atom. The van der Waals surface area contributed by atoms with Crippen LogP contribution in [0, 0.1) is 19.7 Å². The number of amides is 2. The molecule has 1 N–H and O–H groups in total. The van der Waals surface area contributed by atoms with E-state index in [2.05, 4.69) is 5.32 Å². The highest BCUT2D eigenvalue weighted by molar-refractivity contribution is 7.92. The Kier molecular flexibility index (Phi) is 9.86. The van der Waals surface area contributed by atoms with E-state index < -0.39 is 34.3 Å². The van der Waals surface area contributed by atoms with Gasteiger partial charge in [-0.15, -0.1) is 0 Å². The normalized spacial score (nSPS) is 12.9. The van der Waals surface area contributed by atoms with Crippen LogP contribution < -0.4 is 9.62 Å². The SMILES string of the molecule is CC[C@H](C)NC(=O)[C@H](C)N(Cc1ccc(F)cc1)C(=O)CN(c1cccc(C)c1)S(=O)(=O)c1ccc(C)cc1. The van der Waals surface area contributed by atoms with Crippen molar-refractivity contribution >= 4 is 27.5 Å². The summed E-state index contributed by atoms with van der Waals surface area (Å²) in [7, 11) is -4.13. The van der Waals surface area contributed by atoms with E-state index in [0.717, 1.165) is 15.4 Å². The van der Waals surface area contributed by atoms with Crippen molar-refractivity contribution in [2.45, 2.75) is 64.6 Å². The van der Waals surface area contributed by atoms with E-state index >= 15 is 0 Å². The lowest BCUT2D eigenvalue weighted by molar-refractivity contribution is -0.139. The molecule has 0 radical (unpaired) electrons. The minimum atomic E-state index is -4.13. The number of sulfonamides is 1. The quantitative estimate of drug-likeness (QED) is 0.363. The second kappa shape index (κ2) is 12.9. The van der Waals surface area contributed by atoms with Crippen LogP contribution in [0.1, 0.15) is 43.9 Å². The molecule has 0 saturated heterocycles. The Labute approximate surface area is 230 Å². The molecule has 0 aliphatic rings. The Bertz CT molecular complexity index is 1390. The smallest absolute Gasteiger partial charge is 0.264 e. The van der Waals surface area contributed by atoms with E-state index in [1.807, 2.05) is 33.8 Å². The number of anilines is 1. The van der Waals surface area contributed by atoms with Crippen molar-refractivity contribution in [1.82, 2.24) is 10.2 Å². The molecule has 0 fully saturated rings. The Balaban J connectivity index is 2.02. The van der Waals surface area contributed by atoms with Crippen LogP contribution in [0.4, 0.5) is 10.1 Å². The lowest BCUT2D eigenvalue weighted by Gasteiger charge is -2.32. The zero-order valence-corrected chi connectivity index (χ0v) is 23.8. The van der Waals surface area contributed by atoms with Gasteiger partial charge in [-0.3, -0.25) is 13.9 Å². The third-order valence-electron chi connectivity index (χ3n) is 6.61. The second-order valence-corrected chi connectivity index (χ2v) is 11.7. The van der Waals surface area contributed by atoms with Crippen molar-refractivity contribution in [3.05, 3.63) is 95.3 Å². The summed E-state index contributed by atoms with van der Waals surface area (Å²) >= 11 is 0. The third kappa shape index (κ3) is 7.66. The number of halogens is 1. The van der Waals surface area contributed by atoms with Gasteiger partial charge in [0.1, 0.15) is 18.4 Å². The van der Waals surface area contributed by atoms with Crippen LogP contribution in [0.25, 0.3) is 0 Å². The number of nitrogens with zero attached hydrogens (tertiary/aromatic N) is 2. The first-order chi connectivity index (χ1) is 18.4. The highest BCUT2D eigenvalue weighted by Gasteiger charge is 2.32. The molecule has 7 nitrogen and oxygen atoms in total. The second-order valence-electron chi connectivity index (χ2n) is 9.81. The molecule has 0 aromatic heterocycles. The van der Waals surface area contributed by atoms with E-state index in [9.17, 15) is 22.4 Å². The van der Waals surface area contributed by atoms with E-state index in [-0.39, 0.29) is 23.4 Å². The molecule has 0 aliphatic heterocycles. The van der Waals surface area contributed by atoms with Crippen LogP contribution in [0.15, 0.2) is 77.7 Å². The maximum absolute atomic E-state index is 13.9. The number of benzene rings is 3. The Hall–Kier alpha value is -3.72. The van der Waals surface area contributed by atoms with Gasteiger partial charge in [-0.05, 0) is 81.6 Å². The van der Waals surface area contributed by atoms with Crippen LogP contribution in [0.2, 0.25) is 0 Å². The van der Waals surface area contributed by atoms with Crippen molar-refractivity contribution in [2.24, 2.45) is 0 Å². The van der Waals surface area contributed by atoms with Crippen LogP contribution in [-0.4, -0.2) is 43.8 Å². The highest BCUT2D eigenvalue weighted by atomic mass is 32.2. The molecule has 0 bridgehead atoms. The molecular formula is C30H36FN3O4S. The van der Waals surface area contributed by atoms with Gasteiger partial charge >= 0.3 is 0 Å². The first-order valence-electron chi connectivity index (χ1n) is 12.9. The maximum Gasteiger partial charge on any atom is 0.264 e. The van der Waals surface area contributed by atoms with Gasteiger partial charge in [-0.2, -0.15) is 0 Å². The maximum atomic E-state index is 13.9. The van der Waals surface area contributed by atoms with Crippen molar-refractivity contribution in [3.8, 4) is 0 Å². The van der Waals surface area contributed by atoms with Gasteiger partial charge in [-0.25, -0.2) is 12.8 Å². The minimum Gasteiger partial charge on any atom is -0.352 e. The summed E-state index contributed by atoms with van der Waals surface area (Å²) in [5, 5.41) is 2.89. The molecule has 0 spiro atoms. The standard InChI is InChI=1S/C30H36FN3O4S/c1-6-23(4)32-30(36)24(5)33(19-25-12-14-26(31)15-13-25)29(35)20-34(27-9-7-8-22(3)18-27)39(37,38)28-16-10-21(2)11-17-28/h7-18,23-24H,6,19-20H2,1-5H3,(H,32,36)/t23-,24-/m0/s1. The fourth-order valence-electron chi connectivity index (χ4n) is 3.98. The average molecular weight is 554 g/mol. The van der Waals surface area contributed by atoms with Crippen LogP contribution in [0.3, 0.4) is 0 Å². The zero-order valence-electron chi connectivity index (χ0n) is 23.0. The molecule has 0 heterocycles. The third-order valence-corrected chi connectivity index (χ3v) is 8.40. The summed E-state index contributed by atoms with van der Waals surface area (Å²) in [5.74, 6) is -1.35. The summed E-state index contributed by atoms with van der Waals surface area (Å²) in [6.07, 6.45) is 0.709. The van der Waals surface area contributed by atoms with Crippen LogP contribution >= 0.6 is 0 Å². The van der Waals surface area contributed by atoms with E-state index in [4.69, 9.17) is 0 Å². The van der Waals surface area contributed by atoms with Gasteiger partial charge in [0, 0.05) is 12.6 Å². The fourth-order valence-corrected chi connectivity index (χ4v) is 5.39. The minimum absolute atomic E-state index is 0.000439. The molecule has 0 saturated carbocycles. The molecule has 0 aliphatic carbocycles. The van der Waals surface area contributed by atoms with Crippen molar-refractivity contribution in [1.29, 1.82) is 0 Å². The molecule has 2 amide bonds. The van der Waals surface area contributed by atoms with E-state index in [1.165, 1.54) is 41.3 Å². The highest BCUT2D eigenvalue weighted by Crippen LogP contribution is 2.25.